The van der Waals surface area contributed by atoms with Gasteiger partial charge in [0, 0.05) is 5.56 Å². The Bertz CT molecular complexity index is 699. The first-order valence-electron chi connectivity index (χ1n) is 6.33. The molecule has 0 amide bonds. The molecule has 0 aromatic heterocycles. The Hall–Kier alpha value is -2.32. The molecule has 108 valence electrons. The molecule has 2 rings (SSSR count). The van der Waals surface area contributed by atoms with Crippen molar-refractivity contribution in [3.63, 3.8) is 0 Å². The molecule has 0 saturated heterocycles. The normalized spacial score (nSPS) is 12.0. The van der Waals surface area contributed by atoms with Gasteiger partial charge in [0.25, 0.3) is 0 Å². The van der Waals surface area contributed by atoms with E-state index in [0.717, 1.165) is 12.1 Å². The quantitative estimate of drug-likeness (QED) is 0.938. The maximum absolute atomic E-state index is 13.9. The third-order valence-electron chi connectivity index (χ3n) is 3.25. The zero-order valence-corrected chi connectivity index (χ0v) is 11.2. The number of hydrogen-bond donors (Lipinski definition) is 1. The van der Waals surface area contributed by atoms with Gasteiger partial charge in [0.05, 0.1) is 17.2 Å². The number of nitriles is 1. The molecule has 1 unspecified atom stereocenters. The van der Waals surface area contributed by atoms with Crippen LogP contribution in [0.5, 0.6) is 0 Å². The molecule has 0 bridgehead atoms. The van der Waals surface area contributed by atoms with Crippen LogP contribution in [-0.4, -0.2) is 5.11 Å². The summed E-state index contributed by atoms with van der Waals surface area (Å²) in [5.74, 6) is -2.90. The topological polar surface area (TPSA) is 44.0 Å². The fourth-order valence-electron chi connectivity index (χ4n) is 2.08. The minimum Gasteiger partial charge on any atom is -0.383 e. The second-order valence-electron chi connectivity index (χ2n) is 4.58. The minimum absolute atomic E-state index is 0.206. The highest BCUT2D eigenvalue weighted by atomic mass is 19.1. The van der Waals surface area contributed by atoms with Crippen molar-refractivity contribution in [2.45, 2.75) is 19.4 Å². The van der Waals surface area contributed by atoms with Crippen LogP contribution in [0.3, 0.4) is 0 Å². The smallest absolute Gasteiger partial charge is 0.133 e. The zero-order chi connectivity index (χ0) is 15.6. The molecule has 2 aromatic rings. The van der Waals surface area contributed by atoms with Gasteiger partial charge < -0.3 is 5.11 Å². The Kier molecular flexibility index (Phi) is 4.29. The summed E-state index contributed by atoms with van der Waals surface area (Å²) in [4.78, 5) is 0. The van der Waals surface area contributed by atoms with Gasteiger partial charge in [-0.15, -0.1) is 0 Å². The Morgan fingerprint density at radius 3 is 2.19 bits per heavy atom. The summed E-state index contributed by atoms with van der Waals surface area (Å²) in [6.07, 6.45) is -1.17. The molecule has 0 saturated carbocycles. The van der Waals surface area contributed by atoms with E-state index < -0.39 is 29.1 Å². The third kappa shape index (κ3) is 2.91. The predicted octanol–water partition coefficient (Wildman–Crippen LogP) is 3.62. The molecule has 21 heavy (non-hydrogen) atoms. The number of benzene rings is 2. The van der Waals surface area contributed by atoms with E-state index in [1.165, 1.54) is 12.1 Å². The molecule has 5 heteroatoms. The maximum atomic E-state index is 13.9. The Morgan fingerprint density at radius 2 is 1.71 bits per heavy atom. The Morgan fingerprint density at radius 1 is 1.10 bits per heavy atom. The van der Waals surface area contributed by atoms with E-state index in [9.17, 15) is 18.3 Å². The van der Waals surface area contributed by atoms with Crippen LogP contribution < -0.4 is 0 Å². The molecule has 1 atom stereocenters. The molecule has 0 aliphatic heterocycles. The van der Waals surface area contributed by atoms with E-state index in [4.69, 9.17) is 5.26 Å². The molecule has 0 radical (unpaired) electrons. The lowest BCUT2D eigenvalue weighted by Gasteiger charge is -2.15. The molecule has 0 spiro atoms. The van der Waals surface area contributed by atoms with Crippen molar-refractivity contribution < 1.29 is 18.3 Å². The van der Waals surface area contributed by atoms with Gasteiger partial charge in [0.15, 0.2) is 0 Å². The summed E-state index contributed by atoms with van der Waals surface area (Å²) in [6, 6.07) is 7.32. The number of halogens is 3. The van der Waals surface area contributed by atoms with Crippen LogP contribution in [0.2, 0.25) is 0 Å². The van der Waals surface area contributed by atoms with E-state index >= 15 is 0 Å². The van der Waals surface area contributed by atoms with Crippen LogP contribution >= 0.6 is 0 Å². The second-order valence-corrected chi connectivity index (χ2v) is 4.58. The number of aliphatic hydroxyl groups excluding tert-OH is 1. The number of hydrogen-bond acceptors (Lipinski definition) is 2. The summed E-state index contributed by atoms with van der Waals surface area (Å²) in [5.41, 5.74) is -0.376. The van der Waals surface area contributed by atoms with Crippen LogP contribution in [0.4, 0.5) is 13.2 Å². The third-order valence-corrected chi connectivity index (χ3v) is 3.25. The van der Waals surface area contributed by atoms with E-state index in [1.54, 1.807) is 12.1 Å². The first kappa shape index (κ1) is 15.1. The first-order chi connectivity index (χ1) is 9.97. The van der Waals surface area contributed by atoms with E-state index in [-0.39, 0.29) is 11.1 Å². The molecule has 0 fully saturated rings. The van der Waals surface area contributed by atoms with Gasteiger partial charge in [-0.05, 0) is 30.2 Å². The number of aryl methyl sites for hydroxylation is 1. The van der Waals surface area contributed by atoms with E-state index in [1.807, 2.05) is 6.92 Å². The lowest BCUT2D eigenvalue weighted by Crippen LogP contribution is -2.08. The Labute approximate surface area is 120 Å². The summed E-state index contributed by atoms with van der Waals surface area (Å²) in [7, 11) is 0. The SMILES string of the molecule is CCc1ccc(C(O)c2c(F)cc(C#N)cc2F)c(F)c1. The monoisotopic (exact) mass is 291 g/mol. The van der Waals surface area contributed by atoms with Crippen molar-refractivity contribution in [1.82, 2.24) is 0 Å². The summed E-state index contributed by atoms with van der Waals surface area (Å²) < 4.78 is 41.6. The molecular formula is C16H12F3NO. The van der Waals surface area contributed by atoms with Crippen LogP contribution in [0.1, 0.15) is 35.3 Å². The molecule has 1 N–H and O–H groups in total. The highest BCUT2D eigenvalue weighted by Gasteiger charge is 2.23. The van der Waals surface area contributed by atoms with Crippen LogP contribution in [0.15, 0.2) is 30.3 Å². The summed E-state index contributed by atoms with van der Waals surface area (Å²) in [6.45, 7) is 1.84. The van der Waals surface area contributed by atoms with Gasteiger partial charge in [-0.1, -0.05) is 19.1 Å². The number of rotatable bonds is 3. The molecule has 0 heterocycles. The van der Waals surface area contributed by atoms with Crippen LogP contribution in [0, 0.1) is 28.8 Å². The minimum atomic E-state index is -1.77. The van der Waals surface area contributed by atoms with Gasteiger partial charge in [0.1, 0.15) is 23.6 Å². The largest absolute Gasteiger partial charge is 0.383 e. The van der Waals surface area contributed by atoms with Crippen molar-refractivity contribution in [3.05, 3.63) is 70.0 Å². The summed E-state index contributed by atoms with van der Waals surface area (Å²) in [5, 5.41) is 18.7. The van der Waals surface area contributed by atoms with Gasteiger partial charge in [-0.3, -0.25) is 0 Å². The highest BCUT2D eigenvalue weighted by molar-refractivity contribution is 5.39. The lowest BCUT2D eigenvalue weighted by molar-refractivity contribution is 0.204. The van der Waals surface area contributed by atoms with E-state index in [0.29, 0.717) is 12.0 Å². The van der Waals surface area contributed by atoms with Crippen molar-refractivity contribution in [2.24, 2.45) is 0 Å². The Balaban J connectivity index is 2.50. The van der Waals surface area contributed by atoms with E-state index in [2.05, 4.69) is 0 Å². The average Bonchev–Trinajstić information content (AvgIpc) is 2.45. The number of aliphatic hydroxyl groups is 1. The lowest BCUT2D eigenvalue weighted by atomic mass is 9.97. The maximum Gasteiger partial charge on any atom is 0.133 e. The van der Waals surface area contributed by atoms with Crippen molar-refractivity contribution >= 4 is 0 Å². The van der Waals surface area contributed by atoms with Crippen LogP contribution in [-0.2, 0) is 6.42 Å². The standard InChI is InChI=1S/C16H12F3NO/c1-2-9-3-4-11(12(17)5-9)16(21)15-13(18)6-10(8-20)7-14(15)19/h3-7,16,21H,2H2,1H3. The van der Waals surface area contributed by atoms with Crippen molar-refractivity contribution in [3.8, 4) is 6.07 Å². The van der Waals surface area contributed by atoms with Crippen molar-refractivity contribution in [1.29, 1.82) is 5.26 Å². The molecular weight excluding hydrogens is 279 g/mol. The van der Waals surface area contributed by atoms with Gasteiger partial charge >= 0.3 is 0 Å². The van der Waals surface area contributed by atoms with Gasteiger partial charge in [0.2, 0.25) is 0 Å². The second kappa shape index (κ2) is 5.98. The average molecular weight is 291 g/mol. The number of nitrogens with zero attached hydrogens (tertiary/aromatic N) is 1. The van der Waals surface area contributed by atoms with Crippen molar-refractivity contribution in [2.75, 3.05) is 0 Å². The first-order valence-corrected chi connectivity index (χ1v) is 6.33. The zero-order valence-electron chi connectivity index (χ0n) is 11.2. The molecule has 0 aliphatic rings. The van der Waals surface area contributed by atoms with Gasteiger partial charge in [-0.25, -0.2) is 13.2 Å². The molecule has 2 aromatic carbocycles. The predicted molar refractivity (Wildman–Crippen MR) is 70.9 cm³/mol. The fourth-order valence-corrected chi connectivity index (χ4v) is 2.08. The fraction of sp³-hybridized carbons (Fsp3) is 0.188. The molecule has 2 nitrogen and oxygen atoms in total. The molecule has 0 aliphatic carbocycles. The highest BCUT2D eigenvalue weighted by Crippen LogP contribution is 2.29. The van der Waals surface area contributed by atoms with Gasteiger partial charge in [-0.2, -0.15) is 5.26 Å². The van der Waals surface area contributed by atoms with Crippen LogP contribution in [0.25, 0.3) is 0 Å². The summed E-state index contributed by atoms with van der Waals surface area (Å²) >= 11 is 0.